The lowest BCUT2D eigenvalue weighted by molar-refractivity contribution is 0.0954. The first-order chi connectivity index (χ1) is 11.4. The fraction of sp³-hybridized carbons (Fsp3) is 0.312. The summed E-state index contributed by atoms with van der Waals surface area (Å²) >= 11 is 7.35. The van der Waals surface area contributed by atoms with E-state index in [1.807, 2.05) is 12.1 Å². The Morgan fingerprint density at radius 1 is 1.25 bits per heavy atom. The van der Waals surface area contributed by atoms with E-state index in [1.165, 1.54) is 23.5 Å². The zero-order chi connectivity index (χ0) is 17.2. The van der Waals surface area contributed by atoms with Crippen molar-refractivity contribution in [2.75, 3.05) is 6.54 Å². The second-order valence-corrected chi connectivity index (χ2v) is 9.15. The Kier molecular flexibility index (Phi) is 5.24. The summed E-state index contributed by atoms with van der Waals surface area (Å²) < 4.78 is 27.7. The Morgan fingerprint density at radius 2 is 2.04 bits per heavy atom. The van der Waals surface area contributed by atoms with E-state index in [1.54, 1.807) is 12.1 Å². The molecule has 1 aliphatic rings. The Balaban J connectivity index is 1.61. The lowest BCUT2D eigenvalue weighted by Crippen LogP contribution is -2.27. The molecule has 1 aromatic heterocycles. The van der Waals surface area contributed by atoms with Gasteiger partial charge in [-0.25, -0.2) is 13.1 Å². The van der Waals surface area contributed by atoms with E-state index >= 15 is 0 Å². The molecule has 1 aliphatic carbocycles. The molecule has 0 atom stereocenters. The van der Waals surface area contributed by atoms with E-state index in [2.05, 4.69) is 10.0 Å². The van der Waals surface area contributed by atoms with Crippen LogP contribution in [-0.2, 0) is 16.4 Å². The molecule has 0 aliphatic heterocycles. The number of carbonyl (C=O) groups excluding carboxylic acids is 1. The van der Waals surface area contributed by atoms with Crippen molar-refractivity contribution in [1.82, 2.24) is 10.0 Å². The van der Waals surface area contributed by atoms with Gasteiger partial charge in [-0.1, -0.05) is 17.7 Å². The van der Waals surface area contributed by atoms with Crippen LogP contribution >= 0.6 is 22.9 Å². The normalized spacial score (nSPS) is 14.5. The Hall–Kier alpha value is -1.41. The van der Waals surface area contributed by atoms with Crippen molar-refractivity contribution >= 4 is 38.9 Å². The van der Waals surface area contributed by atoms with Gasteiger partial charge in [-0.2, -0.15) is 0 Å². The predicted octanol–water partition coefficient (Wildman–Crippen LogP) is 2.81. The van der Waals surface area contributed by atoms with Gasteiger partial charge in [0.15, 0.2) is 0 Å². The molecule has 5 nitrogen and oxygen atoms in total. The lowest BCUT2D eigenvalue weighted by Gasteiger charge is -2.08. The summed E-state index contributed by atoms with van der Waals surface area (Å²) in [4.78, 5) is 13.4. The molecule has 3 rings (SSSR count). The highest BCUT2D eigenvalue weighted by Gasteiger charge is 2.28. The van der Waals surface area contributed by atoms with E-state index in [-0.39, 0.29) is 16.8 Å². The summed E-state index contributed by atoms with van der Waals surface area (Å²) in [5.41, 5.74) is 0.331. The van der Waals surface area contributed by atoms with Crippen LogP contribution in [0.1, 0.15) is 28.1 Å². The van der Waals surface area contributed by atoms with Gasteiger partial charge in [0.05, 0.1) is 9.23 Å². The van der Waals surface area contributed by atoms with Crippen molar-refractivity contribution in [3.05, 3.63) is 51.2 Å². The maximum atomic E-state index is 12.2. The molecule has 8 heteroatoms. The van der Waals surface area contributed by atoms with Gasteiger partial charge < -0.3 is 5.32 Å². The third-order valence-electron chi connectivity index (χ3n) is 3.59. The summed E-state index contributed by atoms with van der Waals surface area (Å²) in [6.45, 7) is 0.465. The third-order valence-corrected chi connectivity index (χ3v) is 6.40. The van der Waals surface area contributed by atoms with Crippen molar-refractivity contribution in [1.29, 1.82) is 0 Å². The first-order valence-corrected chi connectivity index (χ1v) is 10.3. The molecule has 1 saturated carbocycles. The van der Waals surface area contributed by atoms with Gasteiger partial charge in [0.25, 0.3) is 5.91 Å². The maximum absolute atomic E-state index is 12.2. The lowest BCUT2D eigenvalue weighted by atomic mass is 10.2. The zero-order valence-electron chi connectivity index (χ0n) is 12.8. The zero-order valence-corrected chi connectivity index (χ0v) is 15.2. The molecule has 1 fully saturated rings. The van der Waals surface area contributed by atoms with Gasteiger partial charge >= 0.3 is 0 Å². The molecule has 1 amide bonds. The number of hydrogen-bond acceptors (Lipinski definition) is 4. The van der Waals surface area contributed by atoms with Gasteiger partial charge in [-0.05, 0) is 49.6 Å². The van der Waals surface area contributed by atoms with Gasteiger partial charge in [0, 0.05) is 23.0 Å². The van der Waals surface area contributed by atoms with E-state index < -0.39 is 10.0 Å². The Bertz CT molecular complexity index is 845. The van der Waals surface area contributed by atoms with Crippen molar-refractivity contribution in [3.63, 3.8) is 0 Å². The average molecular weight is 385 g/mol. The van der Waals surface area contributed by atoms with E-state index in [0.717, 1.165) is 22.1 Å². The van der Waals surface area contributed by atoms with Gasteiger partial charge in [-0.3, -0.25) is 4.79 Å². The van der Waals surface area contributed by atoms with Crippen LogP contribution in [0, 0.1) is 0 Å². The maximum Gasteiger partial charge on any atom is 0.251 e. The quantitative estimate of drug-likeness (QED) is 0.770. The summed E-state index contributed by atoms with van der Waals surface area (Å²) in [6, 6.07) is 9.87. The number of carbonyl (C=O) groups is 1. The summed E-state index contributed by atoms with van der Waals surface area (Å²) in [5, 5.41) is 2.80. The second-order valence-electron chi connectivity index (χ2n) is 5.64. The van der Waals surface area contributed by atoms with Crippen LogP contribution in [0.15, 0.2) is 41.3 Å². The number of hydrogen-bond donors (Lipinski definition) is 2. The Morgan fingerprint density at radius 3 is 2.71 bits per heavy atom. The smallest absolute Gasteiger partial charge is 0.251 e. The first kappa shape index (κ1) is 17.4. The average Bonchev–Trinajstić information content (AvgIpc) is 3.26. The van der Waals surface area contributed by atoms with Crippen molar-refractivity contribution in [3.8, 4) is 0 Å². The molecule has 128 valence electrons. The minimum Gasteiger partial charge on any atom is -0.352 e. The van der Waals surface area contributed by atoms with Gasteiger partial charge in [0.1, 0.15) is 0 Å². The minimum absolute atomic E-state index is 0.0325. The topological polar surface area (TPSA) is 75.3 Å². The molecule has 1 aromatic carbocycles. The Labute approximate surface area is 150 Å². The third kappa shape index (κ3) is 4.57. The number of benzene rings is 1. The minimum atomic E-state index is -3.56. The standard InChI is InChI=1S/C16H17ClN2O3S2/c17-15-7-6-13(23-15)8-9-18-16(20)11-2-1-3-14(10-11)24(21,22)19-12-4-5-12/h1-3,6-7,10,12,19H,4-5,8-9H2,(H,18,20). The summed E-state index contributed by atoms with van der Waals surface area (Å²) in [7, 11) is -3.56. The summed E-state index contributed by atoms with van der Waals surface area (Å²) in [6.07, 6.45) is 2.42. The SMILES string of the molecule is O=C(NCCc1ccc(Cl)s1)c1cccc(S(=O)(=O)NC2CC2)c1. The fourth-order valence-corrected chi connectivity index (χ4v) is 4.62. The van der Waals surface area contributed by atoms with E-state index in [4.69, 9.17) is 11.6 Å². The highest BCUT2D eigenvalue weighted by molar-refractivity contribution is 7.89. The van der Waals surface area contributed by atoms with Crippen LogP contribution in [0.2, 0.25) is 4.34 Å². The van der Waals surface area contributed by atoms with Crippen molar-refractivity contribution in [2.24, 2.45) is 0 Å². The number of sulfonamides is 1. The molecular formula is C16H17ClN2O3S2. The van der Waals surface area contributed by atoms with Crippen molar-refractivity contribution < 1.29 is 13.2 Å². The molecular weight excluding hydrogens is 368 g/mol. The van der Waals surface area contributed by atoms with Gasteiger partial charge in [0.2, 0.25) is 10.0 Å². The molecule has 1 heterocycles. The molecule has 24 heavy (non-hydrogen) atoms. The number of amides is 1. The summed E-state index contributed by atoms with van der Waals surface area (Å²) in [5.74, 6) is -0.291. The molecule has 0 saturated heterocycles. The van der Waals surface area contributed by atoms with E-state index in [9.17, 15) is 13.2 Å². The largest absolute Gasteiger partial charge is 0.352 e. The number of nitrogens with one attached hydrogen (secondary N) is 2. The molecule has 0 unspecified atom stereocenters. The molecule has 2 N–H and O–H groups in total. The van der Waals surface area contributed by atoms with Crippen molar-refractivity contribution in [2.45, 2.75) is 30.2 Å². The number of halogens is 1. The second kappa shape index (κ2) is 7.23. The number of thiophene rings is 1. The predicted molar refractivity (Wildman–Crippen MR) is 95.2 cm³/mol. The highest BCUT2D eigenvalue weighted by Crippen LogP contribution is 2.23. The fourth-order valence-electron chi connectivity index (χ4n) is 2.18. The first-order valence-electron chi connectivity index (χ1n) is 7.59. The van der Waals surface area contributed by atoms with Crippen LogP contribution < -0.4 is 10.0 Å². The monoisotopic (exact) mass is 384 g/mol. The van der Waals surface area contributed by atoms with Crippen LogP contribution in [0.4, 0.5) is 0 Å². The number of rotatable bonds is 7. The van der Waals surface area contributed by atoms with Crippen LogP contribution in [0.5, 0.6) is 0 Å². The molecule has 0 bridgehead atoms. The van der Waals surface area contributed by atoms with Gasteiger partial charge in [-0.15, -0.1) is 11.3 Å². The van der Waals surface area contributed by atoms with Crippen LogP contribution in [-0.4, -0.2) is 26.9 Å². The van der Waals surface area contributed by atoms with E-state index in [0.29, 0.717) is 18.5 Å². The highest BCUT2D eigenvalue weighted by atomic mass is 35.5. The van der Waals surface area contributed by atoms with Crippen LogP contribution in [0.3, 0.4) is 0 Å². The molecule has 0 spiro atoms. The molecule has 0 radical (unpaired) electrons. The van der Waals surface area contributed by atoms with Crippen LogP contribution in [0.25, 0.3) is 0 Å². The molecule has 2 aromatic rings.